The van der Waals surface area contributed by atoms with Gasteiger partial charge in [0.05, 0.1) is 18.3 Å². The van der Waals surface area contributed by atoms with Gasteiger partial charge in [-0.2, -0.15) is 5.10 Å². The summed E-state index contributed by atoms with van der Waals surface area (Å²) in [5.41, 5.74) is 1.29. The van der Waals surface area contributed by atoms with Gasteiger partial charge in [-0.05, 0) is 39.7 Å². The van der Waals surface area contributed by atoms with Crippen LogP contribution in [0.25, 0.3) is 0 Å². The minimum absolute atomic E-state index is 0.338. The maximum absolute atomic E-state index is 5.51. The number of nitrogens with zero attached hydrogens (tertiary/aromatic N) is 2. The molecular formula is C15H27N3O. The number of aromatic nitrogens is 2. The summed E-state index contributed by atoms with van der Waals surface area (Å²) in [6, 6.07) is 0.646. The van der Waals surface area contributed by atoms with Gasteiger partial charge in [0, 0.05) is 24.9 Å². The van der Waals surface area contributed by atoms with E-state index < -0.39 is 0 Å². The molecule has 1 heterocycles. The molecule has 1 fully saturated rings. The number of rotatable bonds is 8. The average molecular weight is 265 g/mol. The van der Waals surface area contributed by atoms with Crippen molar-refractivity contribution in [1.82, 2.24) is 15.1 Å². The second kappa shape index (κ2) is 7.65. The van der Waals surface area contributed by atoms with Crippen molar-refractivity contribution in [2.75, 3.05) is 13.2 Å². The highest BCUT2D eigenvalue weighted by molar-refractivity contribution is 5.04. The minimum atomic E-state index is 0.338. The highest BCUT2D eigenvalue weighted by Crippen LogP contribution is 2.28. The Bertz CT molecular complexity index is 356. The van der Waals surface area contributed by atoms with E-state index in [-0.39, 0.29) is 0 Å². The number of hydrogen-bond donors (Lipinski definition) is 1. The molecule has 4 nitrogen and oxygen atoms in total. The monoisotopic (exact) mass is 265 g/mol. The van der Waals surface area contributed by atoms with Crippen LogP contribution in [0.15, 0.2) is 12.4 Å². The molecule has 4 heteroatoms. The molecular weight excluding hydrogens is 238 g/mol. The fourth-order valence-electron chi connectivity index (χ4n) is 2.59. The second-order valence-electron chi connectivity index (χ2n) is 5.72. The van der Waals surface area contributed by atoms with E-state index >= 15 is 0 Å². The van der Waals surface area contributed by atoms with E-state index in [1.165, 1.54) is 31.2 Å². The Kier molecular flexibility index (Phi) is 5.86. The smallest absolute Gasteiger partial charge is 0.0534 e. The Morgan fingerprint density at radius 1 is 1.42 bits per heavy atom. The zero-order chi connectivity index (χ0) is 13.5. The van der Waals surface area contributed by atoms with E-state index in [9.17, 15) is 0 Å². The van der Waals surface area contributed by atoms with Crippen LogP contribution >= 0.6 is 0 Å². The first-order valence-corrected chi connectivity index (χ1v) is 7.61. The zero-order valence-electron chi connectivity index (χ0n) is 12.3. The van der Waals surface area contributed by atoms with Gasteiger partial charge in [0.1, 0.15) is 0 Å². The summed E-state index contributed by atoms with van der Waals surface area (Å²) in [5, 5.41) is 7.93. The van der Waals surface area contributed by atoms with Gasteiger partial charge in [-0.25, -0.2) is 0 Å². The predicted molar refractivity (Wildman–Crippen MR) is 77.1 cm³/mol. The van der Waals surface area contributed by atoms with Crippen LogP contribution in [0.4, 0.5) is 0 Å². The molecule has 1 N–H and O–H groups in total. The summed E-state index contributed by atoms with van der Waals surface area (Å²) in [5.74, 6) is 0. The lowest BCUT2D eigenvalue weighted by Crippen LogP contribution is -2.17. The van der Waals surface area contributed by atoms with Gasteiger partial charge in [-0.1, -0.05) is 12.8 Å². The molecule has 1 aliphatic rings. The summed E-state index contributed by atoms with van der Waals surface area (Å²) in [6.45, 7) is 6.90. The second-order valence-corrected chi connectivity index (χ2v) is 5.72. The molecule has 2 rings (SSSR count). The molecule has 1 aromatic heterocycles. The number of nitrogens with one attached hydrogen (secondary N) is 1. The quantitative estimate of drug-likeness (QED) is 0.735. The van der Waals surface area contributed by atoms with Gasteiger partial charge in [0.25, 0.3) is 0 Å². The first-order valence-electron chi connectivity index (χ1n) is 7.61. The van der Waals surface area contributed by atoms with Gasteiger partial charge in [0.15, 0.2) is 0 Å². The Hall–Kier alpha value is -0.870. The van der Waals surface area contributed by atoms with Crippen LogP contribution < -0.4 is 5.32 Å². The van der Waals surface area contributed by atoms with Crippen LogP contribution in [0.1, 0.15) is 57.6 Å². The van der Waals surface area contributed by atoms with E-state index in [0.717, 1.165) is 26.1 Å². The molecule has 0 aliphatic heterocycles. The molecule has 0 radical (unpaired) electrons. The van der Waals surface area contributed by atoms with Gasteiger partial charge in [-0.15, -0.1) is 0 Å². The SMILES string of the molecule is CC(C)OCCCNCc1cnn(C2CCCC2)c1. The molecule has 0 amide bonds. The van der Waals surface area contributed by atoms with Crippen LogP contribution in [-0.4, -0.2) is 29.0 Å². The van der Waals surface area contributed by atoms with Crippen LogP contribution in [0, 0.1) is 0 Å². The molecule has 108 valence electrons. The van der Waals surface area contributed by atoms with Crippen molar-refractivity contribution >= 4 is 0 Å². The first-order chi connectivity index (χ1) is 9.25. The van der Waals surface area contributed by atoms with E-state index in [4.69, 9.17) is 4.74 Å². The highest BCUT2D eigenvalue weighted by Gasteiger charge is 2.17. The predicted octanol–water partition coefficient (Wildman–Crippen LogP) is 2.90. The number of hydrogen-bond acceptors (Lipinski definition) is 3. The lowest BCUT2D eigenvalue weighted by molar-refractivity contribution is 0.0770. The summed E-state index contributed by atoms with van der Waals surface area (Å²) in [6.07, 6.45) is 10.9. The first kappa shape index (κ1) is 14.5. The summed E-state index contributed by atoms with van der Waals surface area (Å²) < 4.78 is 7.67. The highest BCUT2D eigenvalue weighted by atomic mass is 16.5. The summed E-state index contributed by atoms with van der Waals surface area (Å²) >= 11 is 0. The van der Waals surface area contributed by atoms with Crippen LogP contribution in [0.2, 0.25) is 0 Å². The van der Waals surface area contributed by atoms with Crippen molar-refractivity contribution in [3.05, 3.63) is 18.0 Å². The molecule has 0 unspecified atom stereocenters. The third-order valence-electron chi connectivity index (χ3n) is 3.63. The van der Waals surface area contributed by atoms with Gasteiger partial charge in [-0.3, -0.25) is 4.68 Å². The maximum Gasteiger partial charge on any atom is 0.0534 e. The van der Waals surface area contributed by atoms with Crippen LogP contribution in [-0.2, 0) is 11.3 Å². The lowest BCUT2D eigenvalue weighted by Gasteiger charge is -2.09. The van der Waals surface area contributed by atoms with Crippen LogP contribution in [0.3, 0.4) is 0 Å². The molecule has 0 saturated heterocycles. The van der Waals surface area contributed by atoms with Crippen molar-refractivity contribution in [2.45, 2.75) is 64.6 Å². The maximum atomic E-state index is 5.51. The van der Waals surface area contributed by atoms with E-state index in [0.29, 0.717) is 12.1 Å². The lowest BCUT2D eigenvalue weighted by atomic mass is 10.2. The molecule has 0 bridgehead atoms. The number of ether oxygens (including phenoxy) is 1. The Labute approximate surface area is 116 Å². The molecule has 19 heavy (non-hydrogen) atoms. The Morgan fingerprint density at radius 2 is 2.21 bits per heavy atom. The zero-order valence-corrected chi connectivity index (χ0v) is 12.3. The normalized spacial score (nSPS) is 16.6. The molecule has 1 aromatic rings. The van der Waals surface area contributed by atoms with Crippen molar-refractivity contribution in [3.63, 3.8) is 0 Å². The van der Waals surface area contributed by atoms with E-state index in [1.54, 1.807) is 0 Å². The Morgan fingerprint density at radius 3 is 2.95 bits per heavy atom. The van der Waals surface area contributed by atoms with Gasteiger partial charge >= 0.3 is 0 Å². The van der Waals surface area contributed by atoms with Gasteiger partial charge < -0.3 is 10.1 Å². The topological polar surface area (TPSA) is 39.1 Å². The van der Waals surface area contributed by atoms with E-state index in [1.807, 2.05) is 6.20 Å². The molecule has 0 atom stereocenters. The molecule has 1 saturated carbocycles. The van der Waals surface area contributed by atoms with E-state index in [2.05, 4.69) is 35.1 Å². The van der Waals surface area contributed by atoms with Crippen molar-refractivity contribution in [3.8, 4) is 0 Å². The fraction of sp³-hybridized carbons (Fsp3) is 0.800. The summed E-state index contributed by atoms with van der Waals surface area (Å²) in [4.78, 5) is 0. The fourth-order valence-corrected chi connectivity index (χ4v) is 2.59. The van der Waals surface area contributed by atoms with Gasteiger partial charge in [0.2, 0.25) is 0 Å². The Balaban J connectivity index is 1.61. The molecule has 0 spiro atoms. The van der Waals surface area contributed by atoms with Crippen molar-refractivity contribution in [2.24, 2.45) is 0 Å². The minimum Gasteiger partial charge on any atom is -0.379 e. The largest absolute Gasteiger partial charge is 0.379 e. The molecule has 1 aliphatic carbocycles. The average Bonchev–Trinajstić information content (AvgIpc) is 3.03. The van der Waals surface area contributed by atoms with Crippen molar-refractivity contribution in [1.29, 1.82) is 0 Å². The third kappa shape index (κ3) is 4.96. The third-order valence-corrected chi connectivity index (χ3v) is 3.63. The molecule has 0 aromatic carbocycles. The van der Waals surface area contributed by atoms with Crippen molar-refractivity contribution < 1.29 is 4.74 Å². The van der Waals surface area contributed by atoms with Crippen LogP contribution in [0.5, 0.6) is 0 Å². The summed E-state index contributed by atoms with van der Waals surface area (Å²) in [7, 11) is 0. The standard InChI is InChI=1S/C15H27N3O/c1-13(2)19-9-5-8-16-10-14-11-17-18(12-14)15-6-3-4-7-15/h11-13,15-16H,3-10H2,1-2H3.